The van der Waals surface area contributed by atoms with Crippen molar-refractivity contribution in [1.29, 1.82) is 0 Å². The molecule has 2 aromatic rings. The monoisotopic (exact) mass is 308 g/mol. The van der Waals surface area contributed by atoms with Crippen molar-refractivity contribution in [1.82, 2.24) is 4.72 Å². The Bertz CT molecular complexity index is 744. The lowest BCUT2D eigenvalue weighted by molar-refractivity contribution is 0.281. The fourth-order valence-electron chi connectivity index (χ4n) is 1.72. The number of anilines is 1. The maximum atomic E-state index is 11.8. The first kappa shape index (κ1) is 15.3. The minimum atomic E-state index is -3.57. The van der Waals surface area contributed by atoms with Gasteiger partial charge in [0.1, 0.15) is 5.75 Å². The molecular formula is C14H16N2O4S. The number of sulfonamides is 1. The summed E-state index contributed by atoms with van der Waals surface area (Å²) in [5, 5.41) is 9.10. The summed E-state index contributed by atoms with van der Waals surface area (Å²) < 4.78 is 31.4. The first-order chi connectivity index (χ1) is 9.96. The molecule has 0 saturated heterocycles. The van der Waals surface area contributed by atoms with E-state index in [1.165, 1.54) is 25.2 Å². The van der Waals surface area contributed by atoms with E-state index in [0.29, 0.717) is 17.0 Å². The summed E-state index contributed by atoms with van der Waals surface area (Å²) in [6.45, 7) is -0.110. The van der Waals surface area contributed by atoms with Gasteiger partial charge in [-0.3, -0.25) is 0 Å². The molecule has 0 aliphatic rings. The van der Waals surface area contributed by atoms with Crippen LogP contribution in [0.15, 0.2) is 47.4 Å². The van der Waals surface area contributed by atoms with Crippen LogP contribution in [-0.4, -0.2) is 20.6 Å². The second-order valence-electron chi connectivity index (χ2n) is 4.31. The summed E-state index contributed by atoms with van der Waals surface area (Å²) in [5.74, 6) is 0.702. The molecule has 2 rings (SSSR count). The van der Waals surface area contributed by atoms with Crippen LogP contribution in [0, 0.1) is 0 Å². The van der Waals surface area contributed by atoms with Crippen molar-refractivity contribution in [3.05, 3.63) is 48.0 Å². The molecule has 0 unspecified atom stereocenters. The molecular weight excluding hydrogens is 292 g/mol. The lowest BCUT2D eigenvalue weighted by Crippen LogP contribution is -2.18. The Kier molecular flexibility index (Phi) is 4.46. The van der Waals surface area contributed by atoms with Crippen molar-refractivity contribution in [2.45, 2.75) is 11.5 Å². The molecule has 21 heavy (non-hydrogen) atoms. The van der Waals surface area contributed by atoms with E-state index in [-0.39, 0.29) is 17.3 Å². The molecule has 0 radical (unpaired) electrons. The molecule has 0 bridgehead atoms. The van der Waals surface area contributed by atoms with E-state index >= 15 is 0 Å². The Morgan fingerprint density at radius 1 is 1.24 bits per heavy atom. The van der Waals surface area contributed by atoms with E-state index in [1.54, 1.807) is 24.3 Å². The van der Waals surface area contributed by atoms with Gasteiger partial charge in [0.05, 0.1) is 17.2 Å². The summed E-state index contributed by atoms with van der Waals surface area (Å²) in [6.07, 6.45) is 0. The Morgan fingerprint density at radius 3 is 2.67 bits per heavy atom. The van der Waals surface area contributed by atoms with Crippen molar-refractivity contribution in [2.75, 3.05) is 12.8 Å². The Hall–Kier alpha value is -2.09. The summed E-state index contributed by atoms with van der Waals surface area (Å²) in [7, 11) is -2.24. The van der Waals surface area contributed by atoms with Crippen LogP contribution >= 0.6 is 0 Å². The zero-order chi connectivity index (χ0) is 15.5. The predicted octanol–water partition coefficient (Wildman–Crippen LogP) is 1.46. The van der Waals surface area contributed by atoms with Gasteiger partial charge < -0.3 is 15.6 Å². The van der Waals surface area contributed by atoms with E-state index in [9.17, 15) is 8.42 Å². The number of nitrogens with two attached hydrogens (primary N) is 1. The van der Waals surface area contributed by atoms with Crippen LogP contribution < -0.4 is 15.2 Å². The first-order valence-corrected chi connectivity index (χ1v) is 7.65. The van der Waals surface area contributed by atoms with Crippen LogP contribution in [0.4, 0.5) is 5.69 Å². The molecule has 2 aromatic carbocycles. The van der Waals surface area contributed by atoms with Crippen molar-refractivity contribution in [3.8, 4) is 11.5 Å². The molecule has 0 fully saturated rings. The van der Waals surface area contributed by atoms with Gasteiger partial charge in [0.2, 0.25) is 10.0 Å². The van der Waals surface area contributed by atoms with Crippen molar-refractivity contribution < 1.29 is 18.3 Å². The fraction of sp³-hybridized carbons (Fsp3) is 0.143. The number of aliphatic hydroxyl groups excluding tert-OH is 1. The molecule has 0 aliphatic heterocycles. The number of aliphatic hydroxyl groups is 1. The lowest BCUT2D eigenvalue weighted by Gasteiger charge is -2.11. The highest BCUT2D eigenvalue weighted by atomic mass is 32.2. The second kappa shape index (κ2) is 6.13. The molecule has 0 atom stereocenters. The zero-order valence-corrected chi connectivity index (χ0v) is 12.2. The molecule has 7 heteroatoms. The average Bonchev–Trinajstić information content (AvgIpc) is 2.49. The van der Waals surface area contributed by atoms with E-state index in [1.807, 2.05) is 0 Å². The molecule has 0 heterocycles. The van der Waals surface area contributed by atoms with Gasteiger partial charge in [-0.1, -0.05) is 12.1 Å². The molecule has 0 spiro atoms. The van der Waals surface area contributed by atoms with Crippen LogP contribution in [0.3, 0.4) is 0 Å². The number of nitrogens with one attached hydrogen (secondary N) is 1. The molecule has 0 aliphatic carbocycles. The summed E-state index contributed by atoms with van der Waals surface area (Å²) in [4.78, 5) is 0.0625. The predicted molar refractivity (Wildman–Crippen MR) is 79.5 cm³/mol. The average molecular weight is 308 g/mol. The molecule has 0 amide bonds. The van der Waals surface area contributed by atoms with Gasteiger partial charge in [-0.15, -0.1) is 0 Å². The van der Waals surface area contributed by atoms with Gasteiger partial charge in [-0.2, -0.15) is 0 Å². The topological polar surface area (TPSA) is 102 Å². The van der Waals surface area contributed by atoms with Gasteiger partial charge in [-0.25, -0.2) is 13.1 Å². The largest absolute Gasteiger partial charge is 0.455 e. The van der Waals surface area contributed by atoms with Gasteiger partial charge in [0.25, 0.3) is 0 Å². The Balaban J connectivity index is 2.37. The molecule has 6 nitrogen and oxygen atoms in total. The highest BCUT2D eigenvalue weighted by Crippen LogP contribution is 2.30. The molecule has 0 saturated carbocycles. The number of benzene rings is 2. The van der Waals surface area contributed by atoms with Crippen LogP contribution in [0.1, 0.15) is 5.56 Å². The van der Waals surface area contributed by atoms with Crippen LogP contribution in [0.2, 0.25) is 0 Å². The smallest absolute Gasteiger partial charge is 0.240 e. The lowest BCUT2D eigenvalue weighted by atomic mass is 10.2. The number of hydrogen-bond acceptors (Lipinski definition) is 5. The zero-order valence-electron chi connectivity index (χ0n) is 11.4. The highest BCUT2D eigenvalue weighted by molar-refractivity contribution is 7.89. The van der Waals surface area contributed by atoms with E-state index in [2.05, 4.69) is 4.72 Å². The number of ether oxygens (including phenoxy) is 1. The Labute approximate surface area is 123 Å². The third-order valence-electron chi connectivity index (χ3n) is 2.87. The van der Waals surface area contributed by atoms with Gasteiger partial charge in [0, 0.05) is 6.07 Å². The van der Waals surface area contributed by atoms with E-state index < -0.39 is 10.0 Å². The number of rotatable bonds is 5. The maximum Gasteiger partial charge on any atom is 0.240 e. The van der Waals surface area contributed by atoms with E-state index in [4.69, 9.17) is 15.6 Å². The molecule has 0 aromatic heterocycles. The normalized spacial score (nSPS) is 11.3. The number of nitrogen functional groups attached to an aromatic ring is 1. The first-order valence-electron chi connectivity index (χ1n) is 6.17. The van der Waals surface area contributed by atoms with Gasteiger partial charge in [0.15, 0.2) is 5.75 Å². The van der Waals surface area contributed by atoms with Crippen molar-refractivity contribution in [3.63, 3.8) is 0 Å². The number of hydrogen-bond donors (Lipinski definition) is 3. The van der Waals surface area contributed by atoms with Crippen LogP contribution in [0.25, 0.3) is 0 Å². The van der Waals surface area contributed by atoms with Crippen molar-refractivity contribution >= 4 is 15.7 Å². The van der Waals surface area contributed by atoms with E-state index in [0.717, 1.165) is 0 Å². The summed E-state index contributed by atoms with van der Waals surface area (Å²) in [6, 6.07) is 11.0. The van der Waals surface area contributed by atoms with Crippen LogP contribution in [-0.2, 0) is 16.6 Å². The van der Waals surface area contributed by atoms with Gasteiger partial charge >= 0.3 is 0 Å². The fourth-order valence-corrected chi connectivity index (χ4v) is 2.47. The third-order valence-corrected chi connectivity index (χ3v) is 4.28. The second-order valence-corrected chi connectivity index (χ2v) is 6.20. The standard InChI is InChI=1S/C14H16N2O4S/c1-16-21(18,19)12-5-6-13(15)14(8-12)20-11-4-2-3-10(7-11)9-17/h2-8,16-17H,9,15H2,1H3. The minimum absolute atomic E-state index is 0.0625. The maximum absolute atomic E-state index is 11.8. The SMILES string of the molecule is CNS(=O)(=O)c1ccc(N)c(Oc2cccc(CO)c2)c1. The van der Waals surface area contributed by atoms with Gasteiger partial charge in [-0.05, 0) is 36.9 Å². The van der Waals surface area contributed by atoms with Crippen LogP contribution in [0.5, 0.6) is 11.5 Å². The third kappa shape index (κ3) is 3.52. The molecule has 112 valence electrons. The highest BCUT2D eigenvalue weighted by Gasteiger charge is 2.14. The molecule has 4 N–H and O–H groups in total. The Morgan fingerprint density at radius 2 is 2.00 bits per heavy atom. The minimum Gasteiger partial charge on any atom is -0.455 e. The quantitative estimate of drug-likeness (QED) is 0.726. The van der Waals surface area contributed by atoms with Crippen molar-refractivity contribution in [2.24, 2.45) is 0 Å². The summed E-state index contributed by atoms with van der Waals surface area (Å²) >= 11 is 0. The summed E-state index contributed by atoms with van der Waals surface area (Å²) in [5.41, 5.74) is 6.81.